The molecule has 0 aliphatic heterocycles. The third-order valence-electron chi connectivity index (χ3n) is 3.37. The fraction of sp³-hybridized carbons (Fsp3) is 0. The zero-order chi connectivity index (χ0) is 18.5. The minimum atomic E-state index is -0.884. The maximum Gasteiger partial charge on any atom is 0.276 e. The van der Waals surface area contributed by atoms with Crippen molar-refractivity contribution in [3.8, 4) is 6.07 Å². The van der Waals surface area contributed by atoms with E-state index >= 15 is 0 Å². The molecular weight excluding hydrogens is 340 g/mol. The van der Waals surface area contributed by atoms with Gasteiger partial charge in [-0.25, -0.2) is 18.7 Å². The third-order valence-corrected chi connectivity index (χ3v) is 3.37. The van der Waals surface area contributed by atoms with Crippen LogP contribution in [0.2, 0.25) is 0 Å². The van der Waals surface area contributed by atoms with E-state index in [0.29, 0.717) is 17.1 Å². The molecule has 2 aromatic carbocycles. The van der Waals surface area contributed by atoms with E-state index < -0.39 is 23.2 Å². The van der Waals surface area contributed by atoms with Crippen LogP contribution in [0.3, 0.4) is 0 Å². The zero-order valence-corrected chi connectivity index (χ0v) is 13.2. The molecule has 0 aliphatic rings. The number of rotatable bonds is 4. The molecule has 0 saturated heterocycles. The van der Waals surface area contributed by atoms with Crippen LogP contribution in [0, 0.1) is 23.0 Å². The number of hydrogen-bond acceptors (Lipinski definition) is 5. The van der Waals surface area contributed by atoms with Gasteiger partial charge in [-0.3, -0.25) is 4.79 Å². The first kappa shape index (κ1) is 17.0. The minimum absolute atomic E-state index is 0.0990. The third kappa shape index (κ3) is 3.79. The van der Waals surface area contributed by atoms with Crippen molar-refractivity contribution in [3.05, 3.63) is 77.8 Å². The summed E-state index contributed by atoms with van der Waals surface area (Å²) in [4.78, 5) is 20.0. The fourth-order valence-electron chi connectivity index (χ4n) is 2.08. The second-order valence-corrected chi connectivity index (χ2v) is 5.15. The molecule has 26 heavy (non-hydrogen) atoms. The SMILES string of the molecule is N#Cc1ccc(Nc2cnc(C(=O)Nc3c(F)cccc3F)cn2)cc1. The number of carbonyl (C=O) groups is 1. The second-order valence-electron chi connectivity index (χ2n) is 5.15. The van der Waals surface area contributed by atoms with Gasteiger partial charge in [0.25, 0.3) is 5.91 Å². The normalized spacial score (nSPS) is 10.0. The Balaban J connectivity index is 1.70. The summed E-state index contributed by atoms with van der Waals surface area (Å²) in [6, 6.07) is 12.0. The number of anilines is 3. The topological polar surface area (TPSA) is 90.7 Å². The number of para-hydroxylation sites is 1. The average molecular weight is 351 g/mol. The van der Waals surface area contributed by atoms with Crippen molar-refractivity contribution in [2.75, 3.05) is 10.6 Å². The van der Waals surface area contributed by atoms with Gasteiger partial charge < -0.3 is 10.6 Å². The van der Waals surface area contributed by atoms with Gasteiger partial charge in [-0.1, -0.05) is 6.07 Å². The molecule has 3 aromatic rings. The zero-order valence-electron chi connectivity index (χ0n) is 13.2. The first-order chi connectivity index (χ1) is 12.6. The molecule has 3 rings (SSSR count). The number of hydrogen-bond donors (Lipinski definition) is 2. The molecule has 0 bridgehead atoms. The summed E-state index contributed by atoms with van der Waals surface area (Å²) in [7, 11) is 0. The molecule has 0 atom stereocenters. The van der Waals surface area contributed by atoms with E-state index in [9.17, 15) is 13.6 Å². The Morgan fingerprint density at radius 3 is 2.27 bits per heavy atom. The van der Waals surface area contributed by atoms with Gasteiger partial charge in [0.15, 0.2) is 0 Å². The molecule has 0 fully saturated rings. The Morgan fingerprint density at radius 1 is 1.00 bits per heavy atom. The van der Waals surface area contributed by atoms with Crippen molar-refractivity contribution in [1.29, 1.82) is 5.26 Å². The molecule has 0 aliphatic carbocycles. The summed E-state index contributed by atoms with van der Waals surface area (Å²) in [5, 5.41) is 13.9. The Kier molecular flexibility index (Phi) is 4.80. The number of nitriles is 1. The summed E-state index contributed by atoms with van der Waals surface area (Å²) < 4.78 is 27.1. The van der Waals surface area contributed by atoms with Crippen molar-refractivity contribution in [1.82, 2.24) is 9.97 Å². The van der Waals surface area contributed by atoms with E-state index in [1.165, 1.54) is 18.5 Å². The van der Waals surface area contributed by atoms with Crippen LogP contribution in [0.1, 0.15) is 16.1 Å². The maximum absolute atomic E-state index is 13.6. The van der Waals surface area contributed by atoms with Gasteiger partial charge in [0.1, 0.15) is 28.8 Å². The lowest BCUT2D eigenvalue weighted by atomic mass is 10.2. The van der Waals surface area contributed by atoms with Gasteiger partial charge in [-0.05, 0) is 36.4 Å². The molecule has 0 spiro atoms. The standard InChI is InChI=1S/C18H11F2N5O/c19-13-2-1-3-14(20)17(13)25-18(26)15-9-23-16(10-22-15)24-12-6-4-11(8-21)5-7-12/h1-7,9-10H,(H,23,24)(H,25,26). The van der Waals surface area contributed by atoms with Crippen LogP contribution < -0.4 is 10.6 Å². The molecule has 1 amide bonds. The van der Waals surface area contributed by atoms with Crippen molar-refractivity contribution in [2.45, 2.75) is 0 Å². The number of nitrogens with zero attached hydrogens (tertiary/aromatic N) is 3. The minimum Gasteiger partial charge on any atom is -0.339 e. The van der Waals surface area contributed by atoms with E-state index in [2.05, 4.69) is 20.6 Å². The molecule has 1 heterocycles. The summed E-state index contributed by atoms with van der Waals surface area (Å²) in [5.74, 6) is -2.19. The van der Waals surface area contributed by atoms with Gasteiger partial charge in [0, 0.05) is 5.69 Å². The lowest BCUT2D eigenvalue weighted by Crippen LogP contribution is -2.16. The van der Waals surface area contributed by atoms with Crippen LogP contribution in [-0.2, 0) is 0 Å². The van der Waals surface area contributed by atoms with Gasteiger partial charge in [0.05, 0.1) is 24.0 Å². The molecule has 0 saturated carbocycles. The first-order valence-electron chi connectivity index (χ1n) is 7.41. The summed E-state index contributed by atoms with van der Waals surface area (Å²) in [6.45, 7) is 0. The number of aromatic nitrogens is 2. The van der Waals surface area contributed by atoms with Crippen LogP contribution in [-0.4, -0.2) is 15.9 Å². The van der Waals surface area contributed by atoms with Crippen LogP contribution in [0.4, 0.5) is 26.0 Å². The Bertz CT molecular complexity index is 962. The molecule has 1 aromatic heterocycles. The van der Waals surface area contributed by atoms with E-state index in [0.717, 1.165) is 12.1 Å². The average Bonchev–Trinajstić information content (AvgIpc) is 2.66. The number of nitrogens with one attached hydrogen (secondary N) is 2. The molecule has 6 nitrogen and oxygen atoms in total. The van der Waals surface area contributed by atoms with Crippen LogP contribution >= 0.6 is 0 Å². The Labute approximate surface area is 147 Å². The maximum atomic E-state index is 13.6. The highest BCUT2D eigenvalue weighted by Gasteiger charge is 2.14. The number of halogens is 2. The summed E-state index contributed by atoms with van der Waals surface area (Å²) in [6.07, 6.45) is 2.49. The van der Waals surface area contributed by atoms with Crippen LogP contribution in [0.15, 0.2) is 54.9 Å². The quantitative estimate of drug-likeness (QED) is 0.749. The number of amides is 1. The van der Waals surface area contributed by atoms with E-state index in [1.807, 2.05) is 6.07 Å². The van der Waals surface area contributed by atoms with Gasteiger partial charge >= 0.3 is 0 Å². The lowest BCUT2D eigenvalue weighted by molar-refractivity contribution is 0.102. The number of carbonyl (C=O) groups excluding carboxylic acids is 1. The predicted octanol–water partition coefficient (Wildman–Crippen LogP) is 3.62. The van der Waals surface area contributed by atoms with Gasteiger partial charge in [-0.15, -0.1) is 0 Å². The molecule has 128 valence electrons. The van der Waals surface area contributed by atoms with Gasteiger partial charge in [0.2, 0.25) is 0 Å². The Hall–Kier alpha value is -3.86. The largest absolute Gasteiger partial charge is 0.339 e. The van der Waals surface area contributed by atoms with E-state index in [1.54, 1.807) is 24.3 Å². The molecule has 0 radical (unpaired) electrons. The van der Waals surface area contributed by atoms with Crippen molar-refractivity contribution < 1.29 is 13.6 Å². The highest BCUT2D eigenvalue weighted by molar-refractivity contribution is 6.02. The first-order valence-corrected chi connectivity index (χ1v) is 7.41. The van der Waals surface area contributed by atoms with Crippen LogP contribution in [0.25, 0.3) is 0 Å². The molecule has 8 heteroatoms. The van der Waals surface area contributed by atoms with E-state index in [4.69, 9.17) is 5.26 Å². The second kappa shape index (κ2) is 7.36. The predicted molar refractivity (Wildman–Crippen MR) is 90.8 cm³/mol. The monoisotopic (exact) mass is 351 g/mol. The fourth-order valence-corrected chi connectivity index (χ4v) is 2.08. The highest BCUT2D eigenvalue weighted by atomic mass is 19.1. The van der Waals surface area contributed by atoms with Crippen molar-refractivity contribution in [3.63, 3.8) is 0 Å². The summed E-state index contributed by atoms with van der Waals surface area (Å²) in [5.41, 5.74) is 0.565. The molecule has 2 N–H and O–H groups in total. The van der Waals surface area contributed by atoms with Crippen LogP contribution in [0.5, 0.6) is 0 Å². The van der Waals surface area contributed by atoms with Gasteiger partial charge in [-0.2, -0.15) is 5.26 Å². The molecule has 0 unspecified atom stereocenters. The smallest absolute Gasteiger partial charge is 0.276 e. The lowest BCUT2D eigenvalue weighted by Gasteiger charge is -2.08. The van der Waals surface area contributed by atoms with Crippen molar-refractivity contribution in [2.24, 2.45) is 0 Å². The Morgan fingerprint density at radius 2 is 1.69 bits per heavy atom. The van der Waals surface area contributed by atoms with E-state index in [-0.39, 0.29) is 5.69 Å². The summed E-state index contributed by atoms with van der Waals surface area (Å²) >= 11 is 0. The van der Waals surface area contributed by atoms with Crippen molar-refractivity contribution >= 4 is 23.1 Å². The molecular formula is C18H11F2N5O. The number of benzene rings is 2. The highest BCUT2D eigenvalue weighted by Crippen LogP contribution is 2.19.